The summed E-state index contributed by atoms with van der Waals surface area (Å²) in [4.78, 5) is 4.31. The highest BCUT2D eigenvalue weighted by Gasteiger charge is 2.16. The fraction of sp³-hybridized carbons (Fsp3) is 0.467. The van der Waals surface area contributed by atoms with Gasteiger partial charge in [-0.3, -0.25) is 0 Å². The van der Waals surface area contributed by atoms with Crippen LogP contribution in [0.5, 0.6) is 5.75 Å². The predicted octanol–water partition coefficient (Wildman–Crippen LogP) is 3.88. The third-order valence-corrected chi connectivity index (χ3v) is 5.22. The highest BCUT2D eigenvalue weighted by molar-refractivity contribution is 6.76. The van der Waals surface area contributed by atoms with Crippen LogP contribution in [0.4, 0.5) is 0 Å². The van der Waals surface area contributed by atoms with Crippen molar-refractivity contribution in [2.45, 2.75) is 32.4 Å². The summed E-state index contributed by atoms with van der Waals surface area (Å²) in [6, 6.07) is 4.87. The van der Waals surface area contributed by atoms with Gasteiger partial charge < -0.3 is 14.0 Å². The first-order chi connectivity index (χ1) is 10.4. The van der Waals surface area contributed by atoms with Crippen molar-refractivity contribution < 1.29 is 9.47 Å². The van der Waals surface area contributed by atoms with Gasteiger partial charge in [0.25, 0.3) is 0 Å². The average molecular weight is 338 g/mol. The Morgan fingerprint density at radius 3 is 2.73 bits per heavy atom. The van der Waals surface area contributed by atoms with E-state index in [0.29, 0.717) is 40.8 Å². The molecule has 2 heterocycles. The van der Waals surface area contributed by atoms with Gasteiger partial charge in [-0.2, -0.15) is 5.26 Å². The van der Waals surface area contributed by atoms with Crippen molar-refractivity contribution in [3.63, 3.8) is 0 Å². The number of pyridine rings is 1. The van der Waals surface area contributed by atoms with Crippen LogP contribution in [0.25, 0.3) is 11.0 Å². The molecule has 7 heteroatoms. The highest BCUT2D eigenvalue weighted by Crippen LogP contribution is 2.31. The molecule has 118 valence electrons. The average Bonchev–Trinajstić information content (AvgIpc) is 2.79. The van der Waals surface area contributed by atoms with Gasteiger partial charge in [0, 0.05) is 26.9 Å². The van der Waals surface area contributed by atoms with Crippen LogP contribution >= 0.6 is 11.6 Å². The Balaban J connectivity index is 2.27. The van der Waals surface area contributed by atoms with E-state index >= 15 is 0 Å². The smallest absolute Gasteiger partial charge is 0.148 e. The molecule has 0 aromatic carbocycles. The lowest BCUT2D eigenvalue weighted by Crippen LogP contribution is -2.22. The van der Waals surface area contributed by atoms with Crippen LogP contribution in [0, 0.1) is 11.3 Å². The van der Waals surface area contributed by atoms with E-state index < -0.39 is 8.07 Å². The Hall–Kier alpha value is -1.55. The maximum Gasteiger partial charge on any atom is 0.148 e. The lowest BCUT2D eigenvalue weighted by molar-refractivity contribution is 0.0898. The van der Waals surface area contributed by atoms with Crippen LogP contribution in [0.1, 0.15) is 5.56 Å². The standard InChI is InChI=1S/C15H20ClN3O2Si/c1-20-12-7-13(16)18-15-14(12)11(8-17)9-19(15)10-21-5-6-22(2,3)4/h7,9H,5-6,10H2,1-4H3. The molecule has 0 aliphatic rings. The molecule has 5 nitrogen and oxygen atoms in total. The number of ether oxygens (including phenoxy) is 2. The first-order valence-electron chi connectivity index (χ1n) is 7.07. The number of nitrogens with zero attached hydrogens (tertiary/aromatic N) is 3. The van der Waals surface area contributed by atoms with Gasteiger partial charge in [0.05, 0.1) is 18.1 Å². The zero-order chi connectivity index (χ0) is 16.3. The van der Waals surface area contributed by atoms with Crippen molar-refractivity contribution in [3.8, 4) is 11.8 Å². The second kappa shape index (κ2) is 6.69. The molecule has 0 unspecified atom stereocenters. The topological polar surface area (TPSA) is 60.1 Å². The Kier molecular flexibility index (Phi) is 5.11. The first-order valence-corrected chi connectivity index (χ1v) is 11.2. The van der Waals surface area contributed by atoms with Crippen LogP contribution in [-0.2, 0) is 11.5 Å². The van der Waals surface area contributed by atoms with Crippen LogP contribution in [0.2, 0.25) is 30.8 Å². The van der Waals surface area contributed by atoms with Gasteiger partial charge in [0.2, 0.25) is 0 Å². The first kappa shape index (κ1) is 16.8. The molecule has 0 bridgehead atoms. The molecule has 0 radical (unpaired) electrons. The zero-order valence-electron chi connectivity index (χ0n) is 13.3. The molecule has 22 heavy (non-hydrogen) atoms. The zero-order valence-corrected chi connectivity index (χ0v) is 15.1. The molecule has 0 N–H and O–H groups in total. The van der Waals surface area contributed by atoms with Crippen molar-refractivity contribution >= 4 is 30.7 Å². The van der Waals surface area contributed by atoms with Crippen molar-refractivity contribution in [2.75, 3.05) is 13.7 Å². The predicted molar refractivity (Wildman–Crippen MR) is 90.1 cm³/mol. The highest BCUT2D eigenvalue weighted by atomic mass is 35.5. The molecule has 0 aliphatic carbocycles. The third kappa shape index (κ3) is 3.80. The molecule has 0 spiro atoms. The fourth-order valence-corrected chi connectivity index (χ4v) is 3.04. The Labute approximate surface area is 136 Å². The van der Waals surface area contributed by atoms with Crippen LogP contribution < -0.4 is 4.74 Å². The summed E-state index contributed by atoms with van der Waals surface area (Å²) in [5.74, 6) is 0.549. The Morgan fingerprint density at radius 1 is 1.41 bits per heavy atom. The van der Waals surface area contributed by atoms with E-state index in [9.17, 15) is 5.26 Å². The molecule has 2 aromatic heterocycles. The number of halogens is 1. The molecule has 2 aromatic rings. The summed E-state index contributed by atoms with van der Waals surface area (Å²) >= 11 is 6.03. The van der Waals surface area contributed by atoms with E-state index in [1.807, 2.05) is 0 Å². The molecule has 2 rings (SSSR count). The Morgan fingerprint density at radius 2 is 2.14 bits per heavy atom. The number of nitriles is 1. The van der Waals surface area contributed by atoms with Gasteiger partial charge in [-0.15, -0.1) is 0 Å². The summed E-state index contributed by atoms with van der Waals surface area (Å²) in [7, 11) is 0.432. The van der Waals surface area contributed by atoms with Crippen molar-refractivity contribution in [3.05, 3.63) is 23.0 Å². The van der Waals surface area contributed by atoms with Crippen LogP contribution in [0.3, 0.4) is 0 Å². The quantitative estimate of drug-likeness (QED) is 0.456. The monoisotopic (exact) mass is 337 g/mol. The van der Waals surface area contributed by atoms with E-state index in [1.54, 1.807) is 23.9 Å². The summed E-state index contributed by atoms with van der Waals surface area (Å²) in [6.07, 6.45) is 1.73. The number of fused-ring (bicyclic) bond motifs is 1. The summed E-state index contributed by atoms with van der Waals surface area (Å²) in [6.45, 7) is 7.97. The second-order valence-corrected chi connectivity index (χ2v) is 12.3. The van der Waals surface area contributed by atoms with Crippen LogP contribution in [0.15, 0.2) is 12.3 Å². The summed E-state index contributed by atoms with van der Waals surface area (Å²) in [5, 5.41) is 10.3. The molecular weight excluding hydrogens is 318 g/mol. The summed E-state index contributed by atoms with van der Waals surface area (Å²) in [5.41, 5.74) is 1.11. The molecular formula is C15H20ClN3O2Si. The van der Waals surface area contributed by atoms with E-state index in [1.165, 1.54) is 0 Å². The second-order valence-electron chi connectivity index (χ2n) is 6.32. The number of rotatable bonds is 6. The maximum atomic E-state index is 9.30. The normalized spacial score (nSPS) is 11.6. The molecule has 0 atom stereocenters. The van der Waals surface area contributed by atoms with Gasteiger partial charge >= 0.3 is 0 Å². The molecule has 0 saturated heterocycles. The number of aromatic nitrogens is 2. The molecule has 0 aliphatic heterocycles. The van der Waals surface area contributed by atoms with Crippen LogP contribution in [-0.4, -0.2) is 31.3 Å². The van der Waals surface area contributed by atoms with E-state index in [0.717, 1.165) is 6.04 Å². The van der Waals surface area contributed by atoms with Crippen molar-refractivity contribution in [2.24, 2.45) is 0 Å². The maximum absolute atomic E-state index is 9.30. The molecule has 0 amide bonds. The van der Waals surface area contributed by atoms with Gasteiger partial charge in [-0.25, -0.2) is 4.98 Å². The minimum atomic E-state index is -1.12. The lowest BCUT2D eigenvalue weighted by Gasteiger charge is -2.15. The number of methoxy groups -OCH3 is 1. The molecule has 0 saturated carbocycles. The minimum absolute atomic E-state index is 0.329. The van der Waals surface area contributed by atoms with Gasteiger partial charge in [-0.1, -0.05) is 31.2 Å². The molecule has 0 fully saturated rings. The fourth-order valence-electron chi connectivity index (χ4n) is 2.11. The lowest BCUT2D eigenvalue weighted by atomic mass is 10.2. The van der Waals surface area contributed by atoms with Gasteiger partial charge in [0.1, 0.15) is 29.3 Å². The van der Waals surface area contributed by atoms with Crippen molar-refractivity contribution in [1.82, 2.24) is 9.55 Å². The van der Waals surface area contributed by atoms with Gasteiger partial charge in [-0.05, 0) is 6.04 Å². The van der Waals surface area contributed by atoms with E-state index in [4.69, 9.17) is 21.1 Å². The summed E-state index contributed by atoms with van der Waals surface area (Å²) < 4.78 is 12.8. The SMILES string of the molecule is COc1cc(Cl)nc2c1c(C#N)cn2COCC[Si](C)(C)C. The number of hydrogen-bond acceptors (Lipinski definition) is 4. The van der Waals surface area contributed by atoms with Gasteiger partial charge in [0.15, 0.2) is 0 Å². The van der Waals surface area contributed by atoms with E-state index in [2.05, 4.69) is 30.7 Å². The largest absolute Gasteiger partial charge is 0.496 e. The van der Waals surface area contributed by atoms with Crippen molar-refractivity contribution in [1.29, 1.82) is 5.26 Å². The number of hydrogen-bond donors (Lipinski definition) is 0. The minimum Gasteiger partial charge on any atom is -0.496 e. The third-order valence-electron chi connectivity index (χ3n) is 3.33. The Bertz CT molecular complexity index is 716. The van der Waals surface area contributed by atoms with E-state index in [-0.39, 0.29) is 0 Å².